The summed E-state index contributed by atoms with van der Waals surface area (Å²) in [6.07, 6.45) is -3.34. The number of hydrogen-bond acceptors (Lipinski definition) is 7. The Morgan fingerprint density at radius 1 is 1.17 bits per heavy atom. The summed E-state index contributed by atoms with van der Waals surface area (Å²) in [7, 11) is 0. The van der Waals surface area contributed by atoms with Crippen LogP contribution in [0.3, 0.4) is 0 Å². The molecule has 10 nitrogen and oxygen atoms in total. The summed E-state index contributed by atoms with van der Waals surface area (Å²) in [4.78, 5) is 22.2. The largest absolute Gasteiger partial charge is 0.416 e. The molecule has 3 aromatic rings. The van der Waals surface area contributed by atoms with Crippen molar-refractivity contribution in [3.8, 4) is 5.69 Å². The van der Waals surface area contributed by atoms with E-state index in [0.29, 0.717) is 17.4 Å². The van der Waals surface area contributed by atoms with Crippen LogP contribution in [0, 0.1) is 10.1 Å². The van der Waals surface area contributed by atoms with Gasteiger partial charge in [0.1, 0.15) is 12.0 Å². The highest BCUT2D eigenvalue weighted by Crippen LogP contribution is 2.34. The van der Waals surface area contributed by atoms with Gasteiger partial charge in [-0.15, -0.1) is 5.10 Å². The zero-order chi connectivity index (χ0) is 21.7. The van der Waals surface area contributed by atoms with E-state index >= 15 is 0 Å². The van der Waals surface area contributed by atoms with E-state index in [-0.39, 0.29) is 24.6 Å². The Hall–Kier alpha value is -4.03. The van der Waals surface area contributed by atoms with Crippen molar-refractivity contribution in [2.75, 3.05) is 17.2 Å². The summed E-state index contributed by atoms with van der Waals surface area (Å²) in [5, 5.41) is 27.1. The van der Waals surface area contributed by atoms with Gasteiger partial charge in [0.2, 0.25) is 5.91 Å². The molecule has 13 heteroatoms. The normalized spacial score (nSPS) is 11.2. The van der Waals surface area contributed by atoms with Crippen LogP contribution in [0.5, 0.6) is 0 Å². The smallest absolute Gasteiger partial charge is 0.379 e. The maximum atomic E-state index is 12.7. The monoisotopic (exact) mass is 421 g/mol. The average Bonchev–Trinajstić information content (AvgIpc) is 3.22. The number of hydrogen-bond donors (Lipinski definition) is 2. The molecule has 3 rings (SSSR count). The second-order valence-corrected chi connectivity index (χ2v) is 6.01. The first-order valence-electron chi connectivity index (χ1n) is 8.47. The van der Waals surface area contributed by atoms with Gasteiger partial charge in [-0.1, -0.05) is 0 Å². The Balaban J connectivity index is 1.56. The van der Waals surface area contributed by atoms with Crippen molar-refractivity contribution in [2.24, 2.45) is 0 Å². The summed E-state index contributed by atoms with van der Waals surface area (Å²) in [6, 6.07) is 8.82. The number of rotatable bonds is 7. The van der Waals surface area contributed by atoms with Crippen LogP contribution in [0.1, 0.15) is 12.0 Å². The number of aromatic nitrogens is 4. The van der Waals surface area contributed by atoms with E-state index in [1.165, 1.54) is 11.0 Å². The topological polar surface area (TPSA) is 128 Å². The second-order valence-electron chi connectivity index (χ2n) is 6.01. The number of halogens is 3. The predicted octanol–water partition coefficient (Wildman–Crippen LogP) is 3.03. The molecule has 0 aliphatic carbocycles. The summed E-state index contributed by atoms with van der Waals surface area (Å²) >= 11 is 0. The van der Waals surface area contributed by atoms with Crippen molar-refractivity contribution in [1.82, 2.24) is 20.2 Å². The van der Waals surface area contributed by atoms with Crippen LogP contribution < -0.4 is 10.6 Å². The zero-order valence-corrected chi connectivity index (χ0v) is 15.1. The van der Waals surface area contributed by atoms with Gasteiger partial charge < -0.3 is 10.6 Å². The molecule has 0 aliphatic heterocycles. The molecule has 2 aromatic carbocycles. The van der Waals surface area contributed by atoms with Crippen LogP contribution in [-0.2, 0) is 11.0 Å². The lowest BCUT2D eigenvalue weighted by Gasteiger charge is -2.11. The maximum absolute atomic E-state index is 12.7. The van der Waals surface area contributed by atoms with Crippen molar-refractivity contribution < 1.29 is 22.9 Å². The van der Waals surface area contributed by atoms with Gasteiger partial charge in [-0.05, 0) is 46.8 Å². The van der Waals surface area contributed by atoms with Crippen LogP contribution >= 0.6 is 0 Å². The fraction of sp³-hybridized carbons (Fsp3) is 0.176. The molecule has 1 aromatic heterocycles. The molecule has 0 unspecified atom stereocenters. The minimum Gasteiger partial charge on any atom is -0.379 e. The molecule has 2 N–H and O–H groups in total. The number of nitrogens with one attached hydrogen (secondary N) is 2. The maximum Gasteiger partial charge on any atom is 0.416 e. The highest BCUT2D eigenvalue weighted by atomic mass is 19.4. The van der Waals surface area contributed by atoms with E-state index < -0.39 is 22.4 Å². The summed E-state index contributed by atoms with van der Waals surface area (Å²) < 4.78 is 39.6. The van der Waals surface area contributed by atoms with E-state index in [4.69, 9.17) is 0 Å². The van der Waals surface area contributed by atoms with Crippen molar-refractivity contribution in [3.63, 3.8) is 0 Å². The molecule has 0 radical (unpaired) electrons. The molecule has 0 saturated heterocycles. The van der Waals surface area contributed by atoms with Gasteiger partial charge >= 0.3 is 6.18 Å². The Kier molecular flexibility index (Phi) is 5.90. The first kappa shape index (κ1) is 20.7. The second kappa shape index (κ2) is 8.55. The molecule has 0 spiro atoms. The Morgan fingerprint density at radius 3 is 2.50 bits per heavy atom. The van der Waals surface area contributed by atoms with Gasteiger partial charge in [-0.2, -0.15) is 13.2 Å². The molecule has 30 heavy (non-hydrogen) atoms. The lowest BCUT2D eigenvalue weighted by molar-refractivity contribution is -0.384. The number of carbonyl (C=O) groups is 1. The fourth-order valence-electron chi connectivity index (χ4n) is 2.52. The molecule has 156 valence electrons. The van der Waals surface area contributed by atoms with Crippen LogP contribution in [-0.4, -0.2) is 37.6 Å². The summed E-state index contributed by atoms with van der Waals surface area (Å²) in [5.41, 5.74) is -0.746. The van der Waals surface area contributed by atoms with Gasteiger partial charge in [-0.25, -0.2) is 4.68 Å². The van der Waals surface area contributed by atoms with Crippen LogP contribution in [0.15, 0.2) is 48.8 Å². The van der Waals surface area contributed by atoms with E-state index in [1.54, 1.807) is 24.3 Å². The molecule has 1 amide bonds. The fourth-order valence-corrected chi connectivity index (χ4v) is 2.52. The van der Waals surface area contributed by atoms with Crippen molar-refractivity contribution in [3.05, 3.63) is 64.5 Å². The number of carbonyl (C=O) groups excluding carboxylic acids is 1. The molecular formula is C17H14F3N7O3. The molecule has 0 aliphatic rings. The molecule has 0 saturated carbocycles. The molecule has 1 heterocycles. The Bertz CT molecular complexity index is 1040. The third kappa shape index (κ3) is 5.06. The number of amides is 1. The standard InChI is InChI=1S/C17H14F3N7O3/c18-17(19,20)11-1-6-14(15(9-11)27(29)30)21-8-7-16(28)23-12-2-4-13(5-3-12)26-10-22-24-25-26/h1-6,9-10,21H,7-8H2,(H,23,28). The van der Waals surface area contributed by atoms with E-state index in [2.05, 4.69) is 26.2 Å². The van der Waals surface area contributed by atoms with Gasteiger partial charge in [0.15, 0.2) is 0 Å². The molecular weight excluding hydrogens is 407 g/mol. The third-order valence-electron chi connectivity index (χ3n) is 3.95. The van der Waals surface area contributed by atoms with E-state index in [1.807, 2.05) is 0 Å². The lowest BCUT2D eigenvalue weighted by Crippen LogP contribution is -2.17. The Labute approximate surface area is 166 Å². The molecule has 0 atom stereocenters. The van der Waals surface area contributed by atoms with Crippen molar-refractivity contribution in [2.45, 2.75) is 12.6 Å². The quantitative estimate of drug-likeness (QED) is 0.443. The summed E-state index contributed by atoms with van der Waals surface area (Å²) in [5.74, 6) is -0.382. The van der Waals surface area contributed by atoms with Gasteiger partial charge in [-0.3, -0.25) is 14.9 Å². The van der Waals surface area contributed by atoms with E-state index in [9.17, 15) is 28.1 Å². The predicted molar refractivity (Wildman–Crippen MR) is 99.0 cm³/mol. The number of anilines is 2. The van der Waals surface area contributed by atoms with E-state index in [0.717, 1.165) is 12.1 Å². The number of nitro benzene ring substituents is 1. The van der Waals surface area contributed by atoms with Crippen molar-refractivity contribution >= 4 is 23.0 Å². The van der Waals surface area contributed by atoms with Gasteiger partial charge in [0, 0.05) is 24.7 Å². The Morgan fingerprint density at radius 2 is 1.90 bits per heavy atom. The number of nitrogens with zero attached hydrogens (tertiary/aromatic N) is 5. The third-order valence-corrected chi connectivity index (χ3v) is 3.95. The highest BCUT2D eigenvalue weighted by molar-refractivity contribution is 5.91. The SMILES string of the molecule is O=C(CCNc1ccc(C(F)(F)F)cc1[N+](=O)[O-])Nc1ccc(-n2cnnn2)cc1. The number of benzene rings is 2. The van der Waals surface area contributed by atoms with Crippen LogP contribution in [0.2, 0.25) is 0 Å². The summed E-state index contributed by atoms with van der Waals surface area (Å²) in [6.45, 7) is -0.0131. The average molecular weight is 421 g/mol. The first-order chi connectivity index (χ1) is 14.2. The van der Waals surface area contributed by atoms with Gasteiger partial charge in [0.05, 0.1) is 16.2 Å². The number of alkyl halides is 3. The highest BCUT2D eigenvalue weighted by Gasteiger charge is 2.33. The van der Waals surface area contributed by atoms with Crippen LogP contribution in [0.4, 0.5) is 30.2 Å². The number of nitro groups is 1. The molecule has 0 bridgehead atoms. The van der Waals surface area contributed by atoms with Crippen molar-refractivity contribution in [1.29, 1.82) is 0 Å². The van der Waals surface area contributed by atoms with Crippen LogP contribution in [0.25, 0.3) is 5.69 Å². The number of tetrazole rings is 1. The lowest BCUT2D eigenvalue weighted by atomic mass is 10.1. The minimum absolute atomic E-state index is 0.0131. The minimum atomic E-state index is -4.69. The zero-order valence-electron chi connectivity index (χ0n) is 15.1. The first-order valence-corrected chi connectivity index (χ1v) is 8.47. The molecule has 0 fully saturated rings. The van der Waals surface area contributed by atoms with Gasteiger partial charge in [0.25, 0.3) is 5.69 Å².